The fraction of sp³-hybridized carbons (Fsp3) is 0.333. The van der Waals surface area contributed by atoms with Crippen LogP contribution in [0.2, 0.25) is 0 Å². The normalized spacial score (nSPS) is 18.8. The van der Waals surface area contributed by atoms with Crippen LogP contribution in [0.3, 0.4) is 0 Å². The van der Waals surface area contributed by atoms with Crippen LogP contribution in [0.25, 0.3) is 0 Å². The highest BCUT2D eigenvalue weighted by atomic mass is 16.5. The van der Waals surface area contributed by atoms with Crippen molar-refractivity contribution in [3.05, 3.63) is 59.7 Å². The first-order valence-corrected chi connectivity index (χ1v) is 7.49. The van der Waals surface area contributed by atoms with E-state index in [0.717, 1.165) is 43.1 Å². The Hall–Kier alpha value is -2.00. The van der Waals surface area contributed by atoms with Crippen LogP contribution in [-0.2, 0) is 6.54 Å². The lowest BCUT2D eigenvalue weighted by molar-refractivity contribution is 0.198. The van der Waals surface area contributed by atoms with Crippen molar-refractivity contribution in [3.63, 3.8) is 0 Å². The Morgan fingerprint density at radius 3 is 2.76 bits per heavy atom. The summed E-state index contributed by atoms with van der Waals surface area (Å²) in [5.41, 5.74) is 9.14. The van der Waals surface area contributed by atoms with Gasteiger partial charge in [0.05, 0.1) is 0 Å². The molecule has 3 heteroatoms. The van der Waals surface area contributed by atoms with Gasteiger partial charge >= 0.3 is 0 Å². The van der Waals surface area contributed by atoms with Gasteiger partial charge in [0.25, 0.3) is 0 Å². The molecule has 21 heavy (non-hydrogen) atoms. The van der Waals surface area contributed by atoms with E-state index in [1.165, 1.54) is 5.56 Å². The summed E-state index contributed by atoms with van der Waals surface area (Å²) in [5, 5.41) is 0. The number of likely N-dealkylation sites (tertiary alicyclic amines) is 1. The first-order valence-electron chi connectivity index (χ1n) is 7.49. The van der Waals surface area contributed by atoms with Crippen LogP contribution in [0, 0.1) is 6.92 Å². The van der Waals surface area contributed by atoms with Crippen molar-refractivity contribution in [3.8, 4) is 5.75 Å². The molecule has 2 aromatic rings. The number of nitrogen functional groups attached to an aromatic ring is 1. The number of rotatable bonds is 4. The molecule has 3 rings (SSSR count). The summed E-state index contributed by atoms with van der Waals surface area (Å²) in [6.45, 7) is 5.10. The molecular formula is C18H22N2O. The van der Waals surface area contributed by atoms with Crippen molar-refractivity contribution in [2.24, 2.45) is 0 Å². The SMILES string of the molecule is Cc1cc(N)cc(OC2CCN(Cc3ccccc3)C2)c1. The minimum absolute atomic E-state index is 0.259. The molecule has 1 aliphatic heterocycles. The van der Waals surface area contributed by atoms with Crippen molar-refractivity contribution in [2.75, 3.05) is 18.8 Å². The molecule has 2 N–H and O–H groups in total. The smallest absolute Gasteiger partial charge is 0.122 e. The van der Waals surface area contributed by atoms with E-state index in [4.69, 9.17) is 10.5 Å². The molecule has 2 aromatic carbocycles. The van der Waals surface area contributed by atoms with E-state index in [1.807, 2.05) is 19.1 Å². The average Bonchev–Trinajstić information content (AvgIpc) is 2.86. The molecule has 1 saturated heterocycles. The van der Waals surface area contributed by atoms with E-state index in [2.05, 4.69) is 41.3 Å². The Bertz CT molecular complexity index is 577. The van der Waals surface area contributed by atoms with Gasteiger partial charge in [0.1, 0.15) is 11.9 Å². The number of benzene rings is 2. The lowest BCUT2D eigenvalue weighted by atomic mass is 10.2. The van der Waals surface area contributed by atoms with E-state index < -0.39 is 0 Å². The molecule has 1 fully saturated rings. The number of nitrogens with zero attached hydrogens (tertiary/aromatic N) is 1. The first-order chi connectivity index (χ1) is 10.2. The average molecular weight is 282 g/mol. The highest BCUT2D eigenvalue weighted by molar-refractivity contribution is 5.47. The van der Waals surface area contributed by atoms with Crippen LogP contribution < -0.4 is 10.5 Å². The number of ether oxygens (including phenoxy) is 1. The molecule has 0 amide bonds. The number of hydrogen-bond donors (Lipinski definition) is 1. The molecular weight excluding hydrogens is 260 g/mol. The van der Waals surface area contributed by atoms with Crippen LogP contribution in [-0.4, -0.2) is 24.1 Å². The molecule has 3 nitrogen and oxygen atoms in total. The minimum Gasteiger partial charge on any atom is -0.489 e. The summed E-state index contributed by atoms with van der Waals surface area (Å²) >= 11 is 0. The van der Waals surface area contributed by atoms with Gasteiger partial charge in [-0.15, -0.1) is 0 Å². The van der Waals surface area contributed by atoms with E-state index in [9.17, 15) is 0 Å². The van der Waals surface area contributed by atoms with E-state index in [0.29, 0.717) is 0 Å². The van der Waals surface area contributed by atoms with Crippen LogP contribution in [0.5, 0.6) is 5.75 Å². The van der Waals surface area contributed by atoms with Gasteiger partial charge in [0.2, 0.25) is 0 Å². The van der Waals surface area contributed by atoms with Gasteiger partial charge in [-0.05, 0) is 36.6 Å². The van der Waals surface area contributed by atoms with Crippen molar-refractivity contribution >= 4 is 5.69 Å². The Labute approximate surface area is 126 Å². The molecule has 1 aliphatic rings. The van der Waals surface area contributed by atoms with Crippen LogP contribution in [0.1, 0.15) is 17.5 Å². The van der Waals surface area contributed by atoms with Crippen LogP contribution >= 0.6 is 0 Å². The zero-order valence-electron chi connectivity index (χ0n) is 12.5. The largest absolute Gasteiger partial charge is 0.489 e. The second kappa shape index (κ2) is 6.19. The summed E-state index contributed by atoms with van der Waals surface area (Å²) in [6.07, 6.45) is 1.33. The molecule has 1 heterocycles. The maximum Gasteiger partial charge on any atom is 0.122 e. The van der Waals surface area contributed by atoms with Crippen LogP contribution in [0.4, 0.5) is 5.69 Å². The van der Waals surface area contributed by atoms with E-state index in [1.54, 1.807) is 0 Å². The lowest BCUT2D eigenvalue weighted by Crippen LogP contribution is -2.24. The standard InChI is InChI=1S/C18H22N2O/c1-14-9-16(19)11-18(10-14)21-17-7-8-20(13-17)12-15-5-3-2-4-6-15/h2-6,9-11,17H,7-8,12-13,19H2,1H3. The zero-order chi connectivity index (χ0) is 14.7. The van der Waals surface area contributed by atoms with Gasteiger partial charge in [-0.25, -0.2) is 0 Å². The summed E-state index contributed by atoms with van der Waals surface area (Å²) in [6, 6.07) is 16.5. The summed E-state index contributed by atoms with van der Waals surface area (Å²) in [5.74, 6) is 0.888. The topological polar surface area (TPSA) is 38.5 Å². The number of aryl methyl sites for hydroxylation is 1. The molecule has 110 valence electrons. The van der Waals surface area contributed by atoms with Gasteiger partial charge in [-0.3, -0.25) is 4.90 Å². The van der Waals surface area contributed by atoms with Gasteiger partial charge < -0.3 is 10.5 Å². The molecule has 0 saturated carbocycles. The molecule has 1 unspecified atom stereocenters. The zero-order valence-corrected chi connectivity index (χ0v) is 12.5. The van der Waals surface area contributed by atoms with E-state index in [-0.39, 0.29) is 6.10 Å². The highest BCUT2D eigenvalue weighted by Crippen LogP contribution is 2.23. The molecule has 0 aliphatic carbocycles. The minimum atomic E-state index is 0.259. The fourth-order valence-electron chi connectivity index (χ4n) is 2.92. The Morgan fingerprint density at radius 2 is 2.00 bits per heavy atom. The summed E-state index contributed by atoms with van der Waals surface area (Å²) in [7, 11) is 0. The third-order valence-corrected chi connectivity index (χ3v) is 3.85. The molecule has 0 spiro atoms. The third kappa shape index (κ3) is 3.76. The number of hydrogen-bond acceptors (Lipinski definition) is 3. The summed E-state index contributed by atoms with van der Waals surface area (Å²) < 4.78 is 6.08. The first kappa shape index (κ1) is 14.0. The Kier molecular flexibility index (Phi) is 4.11. The number of anilines is 1. The number of nitrogens with two attached hydrogens (primary N) is 1. The molecule has 0 aromatic heterocycles. The fourth-order valence-corrected chi connectivity index (χ4v) is 2.92. The highest BCUT2D eigenvalue weighted by Gasteiger charge is 2.24. The Balaban J connectivity index is 1.57. The van der Waals surface area contributed by atoms with Gasteiger partial charge in [0, 0.05) is 31.4 Å². The van der Waals surface area contributed by atoms with Gasteiger partial charge in [-0.2, -0.15) is 0 Å². The summed E-state index contributed by atoms with van der Waals surface area (Å²) in [4.78, 5) is 2.44. The third-order valence-electron chi connectivity index (χ3n) is 3.85. The van der Waals surface area contributed by atoms with E-state index >= 15 is 0 Å². The van der Waals surface area contributed by atoms with Gasteiger partial charge in [-0.1, -0.05) is 30.3 Å². The second-order valence-corrected chi connectivity index (χ2v) is 5.83. The van der Waals surface area contributed by atoms with Crippen molar-refractivity contribution in [1.82, 2.24) is 4.90 Å². The van der Waals surface area contributed by atoms with Crippen LogP contribution in [0.15, 0.2) is 48.5 Å². The predicted octanol–water partition coefficient (Wildman–Crippen LogP) is 3.23. The second-order valence-electron chi connectivity index (χ2n) is 5.83. The monoisotopic (exact) mass is 282 g/mol. The quantitative estimate of drug-likeness (QED) is 0.875. The van der Waals surface area contributed by atoms with Crippen molar-refractivity contribution in [2.45, 2.75) is 26.0 Å². The maximum absolute atomic E-state index is 6.08. The van der Waals surface area contributed by atoms with Crippen molar-refractivity contribution in [1.29, 1.82) is 0 Å². The lowest BCUT2D eigenvalue weighted by Gasteiger charge is -2.17. The predicted molar refractivity (Wildman–Crippen MR) is 86.3 cm³/mol. The maximum atomic E-state index is 6.08. The Morgan fingerprint density at radius 1 is 1.19 bits per heavy atom. The molecule has 0 radical (unpaired) electrons. The van der Waals surface area contributed by atoms with Crippen molar-refractivity contribution < 1.29 is 4.74 Å². The molecule has 0 bridgehead atoms. The van der Waals surface area contributed by atoms with Gasteiger partial charge in [0.15, 0.2) is 0 Å². The molecule has 1 atom stereocenters.